The molecule has 0 fully saturated rings. The van der Waals surface area contributed by atoms with Crippen LogP contribution in [0.4, 0.5) is 5.69 Å². The summed E-state index contributed by atoms with van der Waals surface area (Å²) in [5.41, 5.74) is 8.38. The summed E-state index contributed by atoms with van der Waals surface area (Å²) in [7, 11) is 0. The van der Waals surface area contributed by atoms with Gasteiger partial charge in [0.05, 0.1) is 0 Å². The summed E-state index contributed by atoms with van der Waals surface area (Å²) in [4.78, 5) is 10.9. The largest absolute Gasteiger partial charge is 0.427 e. The Kier molecular flexibility index (Phi) is 3.10. The highest BCUT2D eigenvalue weighted by Gasteiger charge is 2.01. The third-order valence-electron chi connectivity index (χ3n) is 2.34. The van der Waals surface area contributed by atoms with E-state index in [4.69, 9.17) is 10.5 Å². The first kappa shape index (κ1) is 11.2. The molecule has 0 saturated heterocycles. The van der Waals surface area contributed by atoms with Crippen LogP contribution in [-0.2, 0) is 4.79 Å². The molecule has 0 aliphatic heterocycles. The van der Waals surface area contributed by atoms with Gasteiger partial charge >= 0.3 is 5.97 Å². The van der Waals surface area contributed by atoms with Crippen molar-refractivity contribution < 1.29 is 9.53 Å². The zero-order valence-electron chi connectivity index (χ0n) is 9.51. The van der Waals surface area contributed by atoms with Gasteiger partial charge in [0.25, 0.3) is 0 Å². The maximum atomic E-state index is 10.9. The van der Waals surface area contributed by atoms with Crippen LogP contribution in [0.1, 0.15) is 6.92 Å². The Labute approximate surface area is 99.8 Å². The maximum Gasteiger partial charge on any atom is 0.308 e. The third kappa shape index (κ3) is 2.84. The van der Waals surface area contributed by atoms with Crippen molar-refractivity contribution in [1.82, 2.24) is 0 Å². The van der Waals surface area contributed by atoms with Crippen molar-refractivity contribution >= 4 is 11.7 Å². The van der Waals surface area contributed by atoms with E-state index in [-0.39, 0.29) is 5.97 Å². The molecule has 17 heavy (non-hydrogen) atoms. The van der Waals surface area contributed by atoms with Crippen LogP contribution in [0, 0.1) is 0 Å². The lowest BCUT2D eigenvalue weighted by molar-refractivity contribution is -0.131. The minimum absolute atomic E-state index is 0.320. The molecule has 86 valence electrons. The van der Waals surface area contributed by atoms with E-state index in [1.165, 1.54) is 6.92 Å². The Morgan fingerprint density at radius 2 is 1.76 bits per heavy atom. The number of hydrogen-bond acceptors (Lipinski definition) is 3. The molecule has 0 unspecified atom stereocenters. The molecule has 0 radical (unpaired) electrons. The van der Waals surface area contributed by atoms with Crippen LogP contribution >= 0.6 is 0 Å². The zero-order chi connectivity index (χ0) is 12.3. The lowest BCUT2D eigenvalue weighted by Crippen LogP contribution is -2.01. The fourth-order valence-electron chi connectivity index (χ4n) is 1.58. The first-order valence-electron chi connectivity index (χ1n) is 5.29. The van der Waals surface area contributed by atoms with Crippen LogP contribution in [0.3, 0.4) is 0 Å². The van der Waals surface area contributed by atoms with E-state index in [1.54, 1.807) is 6.07 Å². The summed E-state index contributed by atoms with van der Waals surface area (Å²) in [5, 5.41) is 0. The minimum Gasteiger partial charge on any atom is -0.427 e. The number of nitrogen functional groups attached to an aromatic ring is 1. The van der Waals surface area contributed by atoms with Gasteiger partial charge < -0.3 is 10.5 Å². The fraction of sp³-hybridized carbons (Fsp3) is 0.0714. The van der Waals surface area contributed by atoms with Crippen molar-refractivity contribution in [3.8, 4) is 16.9 Å². The Morgan fingerprint density at radius 3 is 2.41 bits per heavy atom. The number of rotatable bonds is 2. The Hall–Kier alpha value is -2.29. The highest BCUT2D eigenvalue weighted by atomic mass is 16.5. The third-order valence-corrected chi connectivity index (χ3v) is 2.34. The predicted molar refractivity (Wildman–Crippen MR) is 67.6 cm³/mol. The summed E-state index contributed by atoms with van der Waals surface area (Å²) < 4.78 is 5.04. The first-order valence-corrected chi connectivity index (χ1v) is 5.29. The molecule has 2 N–H and O–H groups in total. The average Bonchev–Trinajstić information content (AvgIpc) is 2.29. The second kappa shape index (κ2) is 4.70. The van der Waals surface area contributed by atoms with E-state index in [1.807, 2.05) is 42.5 Å². The molecule has 3 nitrogen and oxygen atoms in total. The maximum absolute atomic E-state index is 10.9. The smallest absolute Gasteiger partial charge is 0.308 e. The van der Waals surface area contributed by atoms with Crippen molar-refractivity contribution in [1.29, 1.82) is 0 Å². The van der Waals surface area contributed by atoms with Crippen molar-refractivity contribution in [2.24, 2.45) is 0 Å². The van der Waals surface area contributed by atoms with E-state index in [0.29, 0.717) is 5.75 Å². The van der Waals surface area contributed by atoms with Gasteiger partial charge in [-0.15, -0.1) is 0 Å². The summed E-state index contributed by atoms with van der Waals surface area (Å²) in [5.74, 6) is 0.228. The van der Waals surface area contributed by atoms with Gasteiger partial charge in [0, 0.05) is 12.6 Å². The molecule has 0 aliphatic rings. The molecule has 0 amide bonds. The minimum atomic E-state index is -0.320. The van der Waals surface area contributed by atoms with E-state index >= 15 is 0 Å². The molecule has 2 aromatic carbocycles. The van der Waals surface area contributed by atoms with Gasteiger partial charge in [-0.05, 0) is 35.4 Å². The first-order chi connectivity index (χ1) is 8.15. The van der Waals surface area contributed by atoms with Crippen molar-refractivity contribution in [2.75, 3.05) is 5.73 Å². The van der Waals surface area contributed by atoms with E-state index in [9.17, 15) is 4.79 Å². The standard InChI is InChI=1S/C14H13NO2/c1-10(16)17-14-4-2-3-12(9-14)11-5-7-13(15)8-6-11/h2-9H,15H2,1H3. The molecular formula is C14H13NO2. The highest BCUT2D eigenvalue weighted by molar-refractivity contribution is 5.71. The molecule has 0 heterocycles. The van der Waals surface area contributed by atoms with Crippen LogP contribution in [-0.4, -0.2) is 5.97 Å². The molecule has 0 aromatic heterocycles. The van der Waals surface area contributed by atoms with Gasteiger partial charge in [0.15, 0.2) is 0 Å². The number of anilines is 1. The lowest BCUT2D eigenvalue weighted by atomic mass is 10.1. The molecule has 0 spiro atoms. The molecule has 0 saturated carbocycles. The van der Waals surface area contributed by atoms with Gasteiger partial charge in [-0.1, -0.05) is 24.3 Å². The number of benzene rings is 2. The second-order valence-corrected chi connectivity index (χ2v) is 3.74. The van der Waals surface area contributed by atoms with E-state index in [2.05, 4.69) is 0 Å². The van der Waals surface area contributed by atoms with Gasteiger partial charge in [-0.25, -0.2) is 0 Å². The van der Waals surface area contributed by atoms with Gasteiger partial charge in [-0.2, -0.15) is 0 Å². The number of ether oxygens (including phenoxy) is 1. The number of carbonyl (C=O) groups excluding carboxylic acids is 1. The fourth-order valence-corrected chi connectivity index (χ4v) is 1.58. The predicted octanol–water partition coefficient (Wildman–Crippen LogP) is 2.86. The zero-order valence-corrected chi connectivity index (χ0v) is 9.51. The van der Waals surface area contributed by atoms with Gasteiger partial charge in [-0.3, -0.25) is 4.79 Å². The molecule has 3 heteroatoms. The van der Waals surface area contributed by atoms with Crippen LogP contribution in [0.5, 0.6) is 5.75 Å². The summed E-state index contributed by atoms with van der Waals surface area (Å²) in [6.45, 7) is 1.38. The van der Waals surface area contributed by atoms with Gasteiger partial charge in [0.1, 0.15) is 5.75 Å². The number of esters is 1. The summed E-state index contributed by atoms with van der Waals surface area (Å²) in [6.07, 6.45) is 0. The molecule has 2 aromatic rings. The topological polar surface area (TPSA) is 52.3 Å². The normalized spacial score (nSPS) is 9.94. The molecule has 0 bridgehead atoms. The lowest BCUT2D eigenvalue weighted by Gasteiger charge is -2.05. The van der Waals surface area contributed by atoms with Crippen LogP contribution in [0.2, 0.25) is 0 Å². The SMILES string of the molecule is CC(=O)Oc1cccc(-c2ccc(N)cc2)c1. The van der Waals surface area contributed by atoms with Gasteiger partial charge in [0.2, 0.25) is 0 Å². The van der Waals surface area contributed by atoms with Crippen molar-refractivity contribution in [2.45, 2.75) is 6.92 Å². The van der Waals surface area contributed by atoms with Crippen molar-refractivity contribution in [3.05, 3.63) is 48.5 Å². The Morgan fingerprint density at radius 1 is 1.06 bits per heavy atom. The number of hydrogen-bond donors (Lipinski definition) is 1. The number of nitrogens with two attached hydrogens (primary N) is 1. The van der Waals surface area contributed by atoms with Crippen LogP contribution < -0.4 is 10.5 Å². The molecular weight excluding hydrogens is 214 g/mol. The van der Waals surface area contributed by atoms with Crippen LogP contribution in [0.15, 0.2) is 48.5 Å². The van der Waals surface area contributed by atoms with E-state index < -0.39 is 0 Å². The quantitative estimate of drug-likeness (QED) is 0.487. The monoisotopic (exact) mass is 227 g/mol. The number of carbonyl (C=O) groups is 1. The molecule has 2 rings (SSSR count). The molecule has 0 atom stereocenters. The summed E-state index contributed by atoms with van der Waals surface area (Å²) >= 11 is 0. The second-order valence-electron chi connectivity index (χ2n) is 3.74. The Bertz CT molecular complexity index is 532. The highest BCUT2D eigenvalue weighted by Crippen LogP contribution is 2.24. The van der Waals surface area contributed by atoms with Crippen molar-refractivity contribution in [3.63, 3.8) is 0 Å². The Balaban J connectivity index is 2.32. The van der Waals surface area contributed by atoms with Crippen LogP contribution in [0.25, 0.3) is 11.1 Å². The molecule has 0 aliphatic carbocycles. The average molecular weight is 227 g/mol. The summed E-state index contributed by atoms with van der Waals surface area (Å²) in [6, 6.07) is 14.9. The van der Waals surface area contributed by atoms with E-state index in [0.717, 1.165) is 16.8 Å².